The van der Waals surface area contributed by atoms with E-state index in [1.165, 1.54) is 18.2 Å². The van der Waals surface area contributed by atoms with Crippen molar-refractivity contribution in [2.45, 2.75) is 13.8 Å². The average molecular weight is 284 g/mol. The summed E-state index contributed by atoms with van der Waals surface area (Å²) in [6.45, 7) is 4.13. The van der Waals surface area contributed by atoms with Gasteiger partial charge in [-0.3, -0.25) is 0 Å². The molecule has 2 rings (SSSR count). The molecule has 2 N–H and O–H groups in total. The van der Waals surface area contributed by atoms with Gasteiger partial charge >= 0.3 is 5.97 Å². The largest absolute Gasteiger partial charge is 0.465 e. The van der Waals surface area contributed by atoms with Crippen LogP contribution in [-0.4, -0.2) is 20.1 Å². The first-order valence-corrected chi connectivity index (χ1v) is 6.73. The number of rotatable bonds is 3. The molecule has 0 radical (unpaired) electrons. The van der Waals surface area contributed by atoms with Crippen molar-refractivity contribution in [3.63, 3.8) is 0 Å². The van der Waals surface area contributed by atoms with Crippen molar-refractivity contribution in [2.75, 3.05) is 24.8 Å². The molecule has 110 valence electrons. The molecule has 2 aromatic carbocycles. The Morgan fingerprint density at radius 1 is 1.14 bits per heavy atom. The number of aryl methyl sites for hydroxylation is 2. The van der Waals surface area contributed by atoms with E-state index >= 15 is 0 Å². The highest BCUT2D eigenvalue weighted by Gasteiger charge is 2.14. The number of carbonyl (C=O) groups is 1. The third kappa shape index (κ3) is 2.99. The third-order valence-corrected chi connectivity index (χ3v) is 3.54. The lowest BCUT2D eigenvalue weighted by Gasteiger charge is -2.22. The fraction of sp³-hybridized carbons (Fsp3) is 0.235. The van der Waals surface area contributed by atoms with Crippen molar-refractivity contribution in [3.8, 4) is 0 Å². The molecule has 0 fully saturated rings. The highest BCUT2D eigenvalue weighted by Crippen LogP contribution is 2.29. The smallest absolute Gasteiger partial charge is 0.340 e. The number of nitrogens with zero attached hydrogens (tertiary/aromatic N) is 1. The molecular weight excluding hydrogens is 264 g/mol. The Kier molecular flexibility index (Phi) is 4.17. The van der Waals surface area contributed by atoms with Crippen molar-refractivity contribution < 1.29 is 9.53 Å². The molecule has 0 spiro atoms. The Balaban J connectivity index is 2.44. The fourth-order valence-electron chi connectivity index (χ4n) is 2.36. The number of benzene rings is 2. The topological polar surface area (TPSA) is 55.6 Å². The summed E-state index contributed by atoms with van der Waals surface area (Å²) in [7, 11) is 3.31. The maximum atomic E-state index is 11.7. The highest BCUT2D eigenvalue weighted by molar-refractivity contribution is 5.96. The van der Waals surface area contributed by atoms with Gasteiger partial charge in [-0.15, -0.1) is 0 Å². The molecule has 0 amide bonds. The van der Waals surface area contributed by atoms with Crippen LogP contribution in [0, 0.1) is 13.8 Å². The van der Waals surface area contributed by atoms with Crippen molar-refractivity contribution >= 4 is 23.0 Å². The maximum absolute atomic E-state index is 11.7. The van der Waals surface area contributed by atoms with E-state index in [-0.39, 0.29) is 0 Å². The Labute approximate surface area is 125 Å². The number of carbonyl (C=O) groups excluding carboxylic acids is 1. The number of anilines is 3. The predicted molar refractivity (Wildman–Crippen MR) is 86.2 cm³/mol. The van der Waals surface area contributed by atoms with Gasteiger partial charge in [-0.25, -0.2) is 4.79 Å². The molecule has 0 saturated heterocycles. The van der Waals surface area contributed by atoms with Crippen LogP contribution in [-0.2, 0) is 4.74 Å². The Morgan fingerprint density at radius 2 is 1.86 bits per heavy atom. The third-order valence-electron chi connectivity index (χ3n) is 3.54. The number of esters is 1. The van der Waals surface area contributed by atoms with Crippen LogP contribution in [0.3, 0.4) is 0 Å². The molecule has 0 atom stereocenters. The number of hydrogen-bond acceptors (Lipinski definition) is 4. The quantitative estimate of drug-likeness (QED) is 0.693. The number of ether oxygens (including phenoxy) is 1. The summed E-state index contributed by atoms with van der Waals surface area (Å²) in [6.07, 6.45) is 0. The lowest BCUT2D eigenvalue weighted by atomic mass is 10.1. The van der Waals surface area contributed by atoms with Gasteiger partial charge in [0.05, 0.1) is 12.7 Å². The van der Waals surface area contributed by atoms with Crippen LogP contribution < -0.4 is 10.6 Å². The first-order valence-electron chi connectivity index (χ1n) is 6.73. The first kappa shape index (κ1) is 14.9. The van der Waals surface area contributed by atoms with E-state index in [1.807, 2.05) is 18.0 Å². The minimum Gasteiger partial charge on any atom is -0.465 e. The monoisotopic (exact) mass is 284 g/mol. The van der Waals surface area contributed by atoms with Crippen LogP contribution in [0.2, 0.25) is 0 Å². The summed E-state index contributed by atoms with van der Waals surface area (Å²) in [5.41, 5.74) is 11.0. The van der Waals surface area contributed by atoms with Gasteiger partial charge < -0.3 is 15.4 Å². The zero-order valence-corrected chi connectivity index (χ0v) is 12.8. The molecule has 21 heavy (non-hydrogen) atoms. The van der Waals surface area contributed by atoms with Gasteiger partial charge in [-0.1, -0.05) is 17.7 Å². The number of methoxy groups -OCH3 is 1. The average Bonchev–Trinajstić information content (AvgIpc) is 2.46. The molecule has 0 aromatic heterocycles. The van der Waals surface area contributed by atoms with Crippen molar-refractivity contribution in [1.29, 1.82) is 0 Å². The number of nitrogens with two attached hydrogens (primary N) is 1. The Bertz CT molecular complexity index is 680. The molecule has 0 bridgehead atoms. The lowest BCUT2D eigenvalue weighted by molar-refractivity contribution is 0.0602. The Hall–Kier alpha value is -2.49. The van der Waals surface area contributed by atoms with Crippen LogP contribution in [0.4, 0.5) is 17.1 Å². The standard InChI is InChI=1S/C17H20N2O2/c1-11-5-8-16(12(2)9-11)19(3)13-6-7-15(18)14(10-13)17(20)21-4/h5-10H,18H2,1-4H3. The van der Waals surface area contributed by atoms with Crippen LogP contribution >= 0.6 is 0 Å². The van der Waals surface area contributed by atoms with Gasteiger partial charge in [0.2, 0.25) is 0 Å². The minimum atomic E-state index is -0.427. The summed E-state index contributed by atoms with van der Waals surface area (Å²) in [4.78, 5) is 13.8. The van der Waals surface area contributed by atoms with E-state index in [2.05, 4.69) is 32.0 Å². The van der Waals surface area contributed by atoms with E-state index in [1.54, 1.807) is 12.1 Å². The zero-order chi connectivity index (χ0) is 15.6. The minimum absolute atomic E-state index is 0.381. The number of hydrogen-bond donors (Lipinski definition) is 1. The fourth-order valence-corrected chi connectivity index (χ4v) is 2.36. The molecule has 4 nitrogen and oxygen atoms in total. The number of nitrogen functional groups attached to an aromatic ring is 1. The van der Waals surface area contributed by atoms with Crippen molar-refractivity contribution in [2.24, 2.45) is 0 Å². The van der Waals surface area contributed by atoms with Gasteiger partial charge in [0, 0.05) is 24.1 Å². The summed E-state index contributed by atoms with van der Waals surface area (Å²) in [5, 5.41) is 0. The molecular formula is C17H20N2O2. The van der Waals surface area contributed by atoms with Gasteiger partial charge in [0.1, 0.15) is 0 Å². The molecule has 0 heterocycles. The summed E-state index contributed by atoms with van der Waals surface area (Å²) < 4.78 is 4.76. The van der Waals surface area contributed by atoms with Crippen LogP contribution in [0.25, 0.3) is 0 Å². The Morgan fingerprint density at radius 3 is 2.48 bits per heavy atom. The van der Waals surface area contributed by atoms with Crippen LogP contribution in [0.1, 0.15) is 21.5 Å². The summed E-state index contributed by atoms with van der Waals surface area (Å²) >= 11 is 0. The van der Waals surface area contributed by atoms with Crippen molar-refractivity contribution in [1.82, 2.24) is 0 Å². The van der Waals surface area contributed by atoms with Gasteiger partial charge in [-0.05, 0) is 43.7 Å². The second kappa shape index (κ2) is 5.87. The first-order chi connectivity index (χ1) is 9.93. The van der Waals surface area contributed by atoms with Crippen molar-refractivity contribution in [3.05, 3.63) is 53.1 Å². The van der Waals surface area contributed by atoms with E-state index in [9.17, 15) is 4.79 Å². The van der Waals surface area contributed by atoms with Crippen LogP contribution in [0.5, 0.6) is 0 Å². The molecule has 0 aliphatic heterocycles. The van der Waals surface area contributed by atoms with E-state index in [4.69, 9.17) is 10.5 Å². The van der Waals surface area contributed by atoms with E-state index in [0.29, 0.717) is 11.3 Å². The molecule has 2 aromatic rings. The second-order valence-corrected chi connectivity index (χ2v) is 5.11. The van der Waals surface area contributed by atoms with E-state index < -0.39 is 5.97 Å². The highest BCUT2D eigenvalue weighted by atomic mass is 16.5. The normalized spacial score (nSPS) is 10.3. The van der Waals surface area contributed by atoms with E-state index in [0.717, 1.165) is 11.4 Å². The van der Waals surface area contributed by atoms with Gasteiger partial charge in [0.15, 0.2) is 0 Å². The zero-order valence-electron chi connectivity index (χ0n) is 12.8. The SMILES string of the molecule is COC(=O)c1cc(N(C)c2ccc(C)cc2C)ccc1N. The molecule has 0 aliphatic rings. The maximum Gasteiger partial charge on any atom is 0.340 e. The molecule has 4 heteroatoms. The lowest BCUT2D eigenvalue weighted by Crippen LogP contribution is -2.13. The summed E-state index contributed by atoms with van der Waals surface area (Å²) in [6, 6.07) is 11.6. The van der Waals surface area contributed by atoms with Gasteiger partial charge in [-0.2, -0.15) is 0 Å². The molecule has 0 saturated carbocycles. The summed E-state index contributed by atoms with van der Waals surface area (Å²) in [5.74, 6) is -0.427. The predicted octanol–water partition coefficient (Wildman–Crippen LogP) is 3.44. The van der Waals surface area contributed by atoms with Gasteiger partial charge in [0.25, 0.3) is 0 Å². The molecule has 0 aliphatic carbocycles. The molecule has 0 unspecified atom stereocenters. The van der Waals surface area contributed by atoms with Crippen LogP contribution in [0.15, 0.2) is 36.4 Å². The second-order valence-electron chi connectivity index (χ2n) is 5.11.